The first kappa shape index (κ1) is 17.8. The molecular weight excluding hydrogens is 292 g/mol. The lowest BCUT2D eigenvalue weighted by Crippen LogP contribution is -2.40. The van der Waals surface area contributed by atoms with Crippen molar-refractivity contribution in [3.8, 4) is 0 Å². The van der Waals surface area contributed by atoms with Crippen molar-refractivity contribution in [3.63, 3.8) is 0 Å². The van der Waals surface area contributed by atoms with Gasteiger partial charge in [0.25, 0.3) is 0 Å². The van der Waals surface area contributed by atoms with Crippen LogP contribution in [0.25, 0.3) is 0 Å². The van der Waals surface area contributed by atoms with Crippen molar-refractivity contribution in [1.29, 1.82) is 0 Å². The molecule has 6 nitrogen and oxygen atoms in total. The third kappa shape index (κ3) is 5.53. The number of ether oxygens (including phenoxy) is 1. The molecule has 23 heavy (non-hydrogen) atoms. The zero-order valence-electron chi connectivity index (χ0n) is 14.9. The summed E-state index contributed by atoms with van der Waals surface area (Å²) in [5.41, 5.74) is 1.32. The lowest BCUT2D eigenvalue weighted by atomic mass is 10.0. The minimum atomic E-state index is 0.390. The minimum Gasteiger partial charge on any atom is -0.444 e. The Hall–Kier alpha value is -1.56. The molecule has 1 aromatic heterocycles. The number of aliphatic imine (C=N–C) groups is 1. The van der Waals surface area contributed by atoms with Crippen LogP contribution in [-0.4, -0.2) is 37.2 Å². The number of oxazole rings is 1. The second-order valence-electron chi connectivity index (χ2n) is 6.24. The van der Waals surface area contributed by atoms with E-state index in [1.165, 1.54) is 12.8 Å². The summed E-state index contributed by atoms with van der Waals surface area (Å²) < 4.78 is 11.1. The molecule has 1 heterocycles. The summed E-state index contributed by atoms with van der Waals surface area (Å²) >= 11 is 0. The van der Waals surface area contributed by atoms with Crippen LogP contribution in [0.4, 0.5) is 0 Å². The van der Waals surface area contributed by atoms with E-state index in [0.717, 1.165) is 50.1 Å². The van der Waals surface area contributed by atoms with Crippen molar-refractivity contribution in [1.82, 2.24) is 15.6 Å². The number of hydrogen-bond donors (Lipinski definition) is 2. The maximum atomic E-state index is 5.58. The van der Waals surface area contributed by atoms with Gasteiger partial charge in [-0.2, -0.15) is 0 Å². The Bertz CT molecular complexity index is 501. The first-order chi connectivity index (χ1) is 11.1. The molecule has 0 saturated heterocycles. The van der Waals surface area contributed by atoms with E-state index in [9.17, 15) is 0 Å². The number of aromatic nitrogens is 1. The van der Waals surface area contributed by atoms with Crippen LogP contribution in [0.5, 0.6) is 0 Å². The Kier molecular flexibility index (Phi) is 6.45. The van der Waals surface area contributed by atoms with Gasteiger partial charge in [0.1, 0.15) is 12.3 Å². The van der Waals surface area contributed by atoms with E-state index in [1.807, 2.05) is 20.8 Å². The van der Waals surface area contributed by atoms with Crippen LogP contribution >= 0.6 is 0 Å². The van der Waals surface area contributed by atoms with Crippen LogP contribution in [0.2, 0.25) is 0 Å². The lowest BCUT2D eigenvalue weighted by Gasteiger charge is -2.18. The molecule has 0 amide bonds. The summed E-state index contributed by atoms with van der Waals surface area (Å²) in [6.07, 6.45) is 3.65. The summed E-state index contributed by atoms with van der Waals surface area (Å²) in [5, 5.41) is 6.74. The van der Waals surface area contributed by atoms with Crippen molar-refractivity contribution in [2.45, 2.75) is 53.5 Å². The predicted octanol–water partition coefficient (Wildman–Crippen LogP) is 2.55. The van der Waals surface area contributed by atoms with Crippen molar-refractivity contribution in [2.24, 2.45) is 10.4 Å². The SMILES string of the molecule is CCNC(=NCc1nc(C)c(C)o1)NCC1(CCOCC)CC1. The van der Waals surface area contributed by atoms with Crippen molar-refractivity contribution in [3.05, 3.63) is 17.3 Å². The maximum Gasteiger partial charge on any atom is 0.216 e. The number of rotatable bonds is 9. The standard InChI is InChI=1S/C17H30N4O2/c1-5-18-16(19-11-15-21-13(3)14(4)23-15)20-12-17(7-8-17)9-10-22-6-2/h5-12H2,1-4H3,(H2,18,19,20). The summed E-state index contributed by atoms with van der Waals surface area (Å²) in [6.45, 7) is 11.9. The third-order valence-electron chi connectivity index (χ3n) is 4.36. The van der Waals surface area contributed by atoms with Gasteiger partial charge in [-0.25, -0.2) is 9.98 Å². The molecule has 1 saturated carbocycles. The molecule has 1 aromatic rings. The Morgan fingerprint density at radius 1 is 1.30 bits per heavy atom. The van der Waals surface area contributed by atoms with Crippen LogP contribution in [-0.2, 0) is 11.3 Å². The maximum absolute atomic E-state index is 5.58. The average Bonchev–Trinajstić information content (AvgIpc) is 3.22. The largest absolute Gasteiger partial charge is 0.444 e. The number of aryl methyl sites for hydroxylation is 2. The van der Waals surface area contributed by atoms with E-state index in [1.54, 1.807) is 0 Å². The number of guanidine groups is 1. The Labute approximate surface area is 139 Å². The van der Waals surface area contributed by atoms with Gasteiger partial charge in [-0.05, 0) is 52.4 Å². The number of nitrogens with one attached hydrogen (secondary N) is 2. The first-order valence-electron chi connectivity index (χ1n) is 8.61. The molecule has 0 aliphatic heterocycles. The predicted molar refractivity (Wildman–Crippen MR) is 91.6 cm³/mol. The van der Waals surface area contributed by atoms with Crippen molar-refractivity contribution < 1.29 is 9.15 Å². The van der Waals surface area contributed by atoms with Gasteiger partial charge in [-0.15, -0.1) is 0 Å². The van der Waals surface area contributed by atoms with E-state index in [2.05, 4.69) is 27.5 Å². The van der Waals surface area contributed by atoms with Crippen LogP contribution in [0.1, 0.15) is 50.5 Å². The summed E-state index contributed by atoms with van der Waals surface area (Å²) in [6, 6.07) is 0. The molecule has 0 radical (unpaired) electrons. The van der Waals surface area contributed by atoms with Crippen molar-refractivity contribution >= 4 is 5.96 Å². The van der Waals surface area contributed by atoms with Gasteiger partial charge in [0.05, 0.1) is 5.69 Å². The van der Waals surface area contributed by atoms with Gasteiger partial charge in [-0.3, -0.25) is 0 Å². The second kappa shape index (κ2) is 8.34. The fourth-order valence-electron chi connectivity index (χ4n) is 2.49. The van der Waals surface area contributed by atoms with Crippen LogP contribution in [0, 0.1) is 19.3 Å². The highest BCUT2D eigenvalue weighted by molar-refractivity contribution is 5.79. The summed E-state index contributed by atoms with van der Waals surface area (Å²) in [5.74, 6) is 2.35. The van der Waals surface area contributed by atoms with Crippen LogP contribution in [0.3, 0.4) is 0 Å². The van der Waals surface area contributed by atoms with E-state index < -0.39 is 0 Å². The average molecular weight is 322 g/mol. The second-order valence-corrected chi connectivity index (χ2v) is 6.24. The summed E-state index contributed by atoms with van der Waals surface area (Å²) in [7, 11) is 0. The fraction of sp³-hybridized carbons (Fsp3) is 0.765. The Morgan fingerprint density at radius 2 is 2.09 bits per heavy atom. The van der Waals surface area contributed by atoms with E-state index >= 15 is 0 Å². The molecule has 2 N–H and O–H groups in total. The monoisotopic (exact) mass is 322 g/mol. The summed E-state index contributed by atoms with van der Waals surface area (Å²) in [4.78, 5) is 8.94. The third-order valence-corrected chi connectivity index (χ3v) is 4.36. The molecule has 0 bridgehead atoms. The topological polar surface area (TPSA) is 71.7 Å². The molecule has 0 atom stereocenters. The van der Waals surface area contributed by atoms with Crippen LogP contribution in [0.15, 0.2) is 9.41 Å². The molecule has 0 unspecified atom stereocenters. The van der Waals surface area contributed by atoms with Gasteiger partial charge >= 0.3 is 0 Å². The molecule has 1 fully saturated rings. The first-order valence-corrected chi connectivity index (χ1v) is 8.61. The van der Waals surface area contributed by atoms with Gasteiger partial charge in [0.2, 0.25) is 5.89 Å². The number of nitrogens with zero attached hydrogens (tertiary/aromatic N) is 2. The van der Waals surface area contributed by atoms with E-state index in [4.69, 9.17) is 9.15 Å². The molecule has 0 spiro atoms. The zero-order chi connectivity index (χ0) is 16.7. The highest BCUT2D eigenvalue weighted by atomic mass is 16.5. The van der Waals surface area contributed by atoms with E-state index in [0.29, 0.717) is 17.9 Å². The highest BCUT2D eigenvalue weighted by Gasteiger charge is 2.41. The van der Waals surface area contributed by atoms with Gasteiger partial charge in [0.15, 0.2) is 5.96 Å². The molecule has 2 rings (SSSR count). The quantitative estimate of drug-likeness (QED) is 0.415. The molecule has 130 valence electrons. The molecular formula is C17H30N4O2. The molecule has 1 aliphatic carbocycles. The smallest absolute Gasteiger partial charge is 0.216 e. The van der Waals surface area contributed by atoms with Gasteiger partial charge in [-0.1, -0.05) is 0 Å². The van der Waals surface area contributed by atoms with E-state index in [-0.39, 0.29) is 0 Å². The molecule has 6 heteroatoms. The van der Waals surface area contributed by atoms with Crippen LogP contribution < -0.4 is 10.6 Å². The molecule has 0 aromatic carbocycles. The van der Waals surface area contributed by atoms with Gasteiger partial charge < -0.3 is 19.8 Å². The lowest BCUT2D eigenvalue weighted by molar-refractivity contribution is 0.128. The highest BCUT2D eigenvalue weighted by Crippen LogP contribution is 2.48. The van der Waals surface area contributed by atoms with Gasteiger partial charge in [0, 0.05) is 26.3 Å². The zero-order valence-corrected chi connectivity index (χ0v) is 14.9. The minimum absolute atomic E-state index is 0.390. The Morgan fingerprint density at radius 3 is 2.65 bits per heavy atom. The number of hydrogen-bond acceptors (Lipinski definition) is 4. The van der Waals surface area contributed by atoms with Crippen molar-refractivity contribution in [2.75, 3.05) is 26.3 Å². The Balaban J connectivity index is 1.84. The fourth-order valence-corrected chi connectivity index (χ4v) is 2.49. The normalized spacial score (nSPS) is 16.4. The molecule has 1 aliphatic rings.